The zero-order chi connectivity index (χ0) is 21.6. The Morgan fingerprint density at radius 1 is 1.06 bits per heavy atom. The zero-order valence-electron chi connectivity index (χ0n) is 16.9. The van der Waals surface area contributed by atoms with Crippen LogP contribution in [0.2, 0.25) is 0 Å². The highest BCUT2D eigenvalue weighted by Crippen LogP contribution is 2.19. The van der Waals surface area contributed by atoms with Crippen molar-refractivity contribution in [2.24, 2.45) is 5.92 Å². The van der Waals surface area contributed by atoms with Gasteiger partial charge in [-0.2, -0.15) is 0 Å². The van der Waals surface area contributed by atoms with E-state index in [1.54, 1.807) is 35.2 Å². The third-order valence-electron chi connectivity index (χ3n) is 5.27. The van der Waals surface area contributed by atoms with E-state index in [0.29, 0.717) is 30.9 Å². The fraction of sp³-hybridized carbons (Fsp3) is 0.261. The number of benzene rings is 1. The third kappa shape index (κ3) is 5.03. The molecule has 3 aromatic rings. The van der Waals surface area contributed by atoms with Gasteiger partial charge in [-0.05, 0) is 48.7 Å². The van der Waals surface area contributed by atoms with Gasteiger partial charge in [0.15, 0.2) is 5.76 Å². The lowest BCUT2D eigenvalue weighted by atomic mass is 9.96. The molecule has 3 amide bonds. The normalized spacial score (nSPS) is 16.0. The van der Waals surface area contributed by atoms with Crippen LogP contribution < -0.4 is 10.6 Å². The highest BCUT2D eigenvalue weighted by molar-refractivity contribution is 6.02. The average Bonchev–Trinajstić information content (AvgIpc) is 3.52. The maximum Gasteiger partial charge on any atom is 0.291 e. The molecule has 8 heteroatoms. The number of carbonyl (C=O) groups excluding carboxylic acids is 3. The molecule has 0 spiro atoms. The number of anilines is 1. The van der Waals surface area contributed by atoms with Gasteiger partial charge in [0.1, 0.15) is 6.26 Å². The predicted octanol–water partition coefficient (Wildman–Crippen LogP) is 3.29. The molecule has 1 saturated heterocycles. The lowest BCUT2D eigenvalue weighted by Gasteiger charge is -2.31. The van der Waals surface area contributed by atoms with Gasteiger partial charge in [0, 0.05) is 25.3 Å². The minimum absolute atomic E-state index is 0.0695. The molecule has 3 heterocycles. The molecule has 31 heavy (non-hydrogen) atoms. The molecule has 1 aliphatic rings. The van der Waals surface area contributed by atoms with Crippen LogP contribution in [0.25, 0.3) is 0 Å². The second-order valence-electron chi connectivity index (χ2n) is 7.45. The maximum atomic E-state index is 12.6. The Balaban J connectivity index is 1.27. The Kier molecular flexibility index (Phi) is 6.16. The number of rotatable bonds is 6. The number of amides is 3. The number of nitrogens with one attached hydrogen (secondary N) is 2. The minimum atomic E-state index is -0.321. The fourth-order valence-electron chi connectivity index (χ4n) is 3.58. The van der Waals surface area contributed by atoms with E-state index in [0.717, 1.165) is 18.4 Å². The maximum absolute atomic E-state index is 12.6. The second kappa shape index (κ2) is 9.34. The third-order valence-corrected chi connectivity index (χ3v) is 5.27. The van der Waals surface area contributed by atoms with Gasteiger partial charge in [0.25, 0.3) is 11.8 Å². The van der Waals surface area contributed by atoms with Crippen LogP contribution in [0.4, 0.5) is 5.69 Å². The van der Waals surface area contributed by atoms with Crippen molar-refractivity contribution in [1.29, 1.82) is 0 Å². The molecule has 160 valence electrons. The van der Waals surface area contributed by atoms with Gasteiger partial charge in [-0.15, -0.1) is 0 Å². The van der Waals surface area contributed by atoms with Gasteiger partial charge in [-0.1, -0.05) is 12.1 Å². The summed E-state index contributed by atoms with van der Waals surface area (Å²) in [6.07, 6.45) is 5.87. The molecule has 8 nitrogen and oxygen atoms in total. The first kappa shape index (κ1) is 20.5. The molecular formula is C23H23N3O5. The Hall–Kier alpha value is -3.81. The van der Waals surface area contributed by atoms with E-state index in [2.05, 4.69) is 10.6 Å². The molecule has 0 bridgehead atoms. The van der Waals surface area contributed by atoms with Crippen LogP contribution in [0, 0.1) is 5.92 Å². The molecule has 1 aromatic carbocycles. The van der Waals surface area contributed by atoms with Crippen LogP contribution in [-0.4, -0.2) is 35.7 Å². The number of carbonyl (C=O) groups is 3. The number of nitrogens with zero attached hydrogens (tertiary/aromatic N) is 1. The van der Waals surface area contributed by atoms with E-state index in [4.69, 9.17) is 8.83 Å². The van der Waals surface area contributed by atoms with Crippen LogP contribution in [0.5, 0.6) is 0 Å². The summed E-state index contributed by atoms with van der Waals surface area (Å²) in [7, 11) is 0. The second-order valence-corrected chi connectivity index (χ2v) is 7.45. The summed E-state index contributed by atoms with van der Waals surface area (Å²) in [5, 5.41) is 5.70. The van der Waals surface area contributed by atoms with E-state index in [9.17, 15) is 14.4 Å². The van der Waals surface area contributed by atoms with Crippen molar-refractivity contribution in [3.8, 4) is 0 Å². The monoisotopic (exact) mass is 421 g/mol. The summed E-state index contributed by atoms with van der Waals surface area (Å²) in [5.41, 5.74) is 2.05. The first-order valence-corrected chi connectivity index (χ1v) is 10.1. The average molecular weight is 421 g/mol. The van der Waals surface area contributed by atoms with E-state index >= 15 is 0 Å². The van der Waals surface area contributed by atoms with Crippen molar-refractivity contribution in [3.63, 3.8) is 0 Å². The number of piperidine rings is 1. The summed E-state index contributed by atoms with van der Waals surface area (Å²) in [4.78, 5) is 38.8. The summed E-state index contributed by atoms with van der Waals surface area (Å²) in [6.45, 7) is 1.41. The van der Waals surface area contributed by atoms with E-state index in [1.807, 2.05) is 12.1 Å². The first-order valence-electron chi connectivity index (χ1n) is 10.1. The van der Waals surface area contributed by atoms with Crippen LogP contribution >= 0.6 is 0 Å². The largest absolute Gasteiger partial charge is 0.472 e. The van der Waals surface area contributed by atoms with Gasteiger partial charge < -0.3 is 24.4 Å². The topological polar surface area (TPSA) is 105 Å². The predicted molar refractivity (Wildman–Crippen MR) is 112 cm³/mol. The molecule has 4 rings (SSSR count). The van der Waals surface area contributed by atoms with Crippen molar-refractivity contribution < 1.29 is 23.2 Å². The Bertz CT molecular complexity index is 1030. The lowest BCUT2D eigenvalue weighted by Crippen LogP contribution is -2.45. The van der Waals surface area contributed by atoms with Crippen LogP contribution in [0.3, 0.4) is 0 Å². The van der Waals surface area contributed by atoms with Crippen LogP contribution in [-0.2, 0) is 11.3 Å². The molecule has 1 fully saturated rings. The van der Waals surface area contributed by atoms with Crippen LogP contribution in [0.15, 0.2) is 70.1 Å². The molecule has 0 radical (unpaired) electrons. The zero-order valence-corrected chi connectivity index (χ0v) is 16.9. The SMILES string of the molecule is O=C(Nc1ccc(CNC(=O)C2CCCN(C(=O)c3ccoc3)C2)cc1)c1ccco1. The first-order chi connectivity index (χ1) is 15.1. The minimum Gasteiger partial charge on any atom is -0.472 e. The lowest BCUT2D eigenvalue weighted by molar-refractivity contribution is -0.126. The molecular weight excluding hydrogens is 398 g/mol. The number of furan rings is 2. The smallest absolute Gasteiger partial charge is 0.291 e. The Labute approximate surface area is 179 Å². The highest BCUT2D eigenvalue weighted by atomic mass is 16.3. The summed E-state index contributed by atoms with van der Waals surface area (Å²) < 4.78 is 10.1. The number of hydrogen-bond acceptors (Lipinski definition) is 5. The van der Waals surface area contributed by atoms with Crippen molar-refractivity contribution >= 4 is 23.4 Å². The van der Waals surface area contributed by atoms with E-state index < -0.39 is 0 Å². The molecule has 1 aliphatic heterocycles. The summed E-state index contributed by atoms with van der Waals surface area (Å²) >= 11 is 0. The van der Waals surface area contributed by atoms with E-state index in [-0.39, 0.29) is 29.4 Å². The molecule has 2 aromatic heterocycles. The Morgan fingerprint density at radius 3 is 2.61 bits per heavy atom. The van der Waals surface area contributed by atoms with Crippen molar-refractivity contribution in [3.05, 3.63) is 78.1 Å². The van der Waals surface area contributed by atoms with Crippen molar-refractivity contribution in [1.82, 2.24) is 10.2 Å². The molecule has 0 aliphatic carbocycles. The number of hydrogen-bond donors (Lipinski definition) is 2. The Morgan fingerprint density at radius 2 is 1.90 bits per heavy atom. The summed E-state index contributed by atoms with van der Waals surface area (Å²) in [6, 6.07) is 12.1. The van der Waals surface area contributed by atoms with Crippen molar-refractivity contribution in [2.75, 3.05) is 18.4 Å². The van der Waals surface area contributed by atoms with Gasteiger partial charge in [0.05, 0.1) is 24.0 Å². The van der Waals surface area contributed by atoms with Gasteiger partial charge in [0.2, 0.25) is 5.91 Å². The fourth-order valence-corrected chi connectivity index (χ4v) is 3.58. The summed E-state index contributed by atoms with van der Waals surface area (Å²) in [5.74, 6) is -0.503. The standard InChI is InChI=1S/C23H23N3O5/c27-21(17-3-1-10-26(14-17)23(29)18-9-12-30-15-18)24-13-16-5-7-19(8-6-16)25-22(28)20-4-2-11-31-20/h2,4-9,11-12,15,17H,1,3,10,13-14H2,(H,24,27)(H,25,28). The number of likely N-dealkylation sites (tertiary alicyclic amines) is 1. The van der Waals surface area contributed by atoms with Crippen LogP contribution in [0.1, 0.15) is 39.3 Å². The molecule has 1 atom stereocenters. The van der Waals surface area contributed by atoms with Crippen molar-refractivity contribution in [2.45, 2.75) is 19.4 Å². The quantitative estimate of drug-likeness (QED) is 0.635. The highest BCUT2D eigenvalue weighted by Gasteiger charge is 2.29. The van der Waals surface area contributed by atoms with Gasteiger partial charge in [-0.3, -0.25) is 14.4 Å². The molecule has 2 N–H and O–H groups in total. The van der Waals surface area contributed by atoms with Gasteiger partial charge in [-0.25, -0.2) is 0 Å². The van der Waals surface area contributed by atoms with Gasteiger partial charge >= 0.3 is 0 Å². The molecule has 0 saturated carbocycles. The molecule has 1 unspecified atom stereocenters. The van der Waals surface area contributed by atoms with E-state index in [1.165, 1.54) is 18.8 Å².